The summed E-state index contributed by atoms with van der Waals surface area (Å²) in [6.07, 6.45) is -0.114. The van der Waals surface area contributed by atoms with Gasteiger partial charge in [-0.15, -0.1) is 0 Å². The summed E-state index contributed by atoms with van der Waals surface area (Å²) in [6, 6.07) is -0.0511. The van der Waals surface area contributed by atoms with E-state index in [9.17, 15) is 13.2 Å². The molecule has 0 radical (unpaired) electrons. The van der Waals surface area contributed by atoms with Crippen molar-refractivity contribution in [3.8, 4) is 0 Å². The molecule has 0 spiro atoms. The van der Waals surface area contributed by atoms with Crippen LogP contribution >= 0.6 is 0 Å². The van der Waals surface area contributed by atoms with Crippen molar-refractivity contribution in [2.75, 3.05) is 26.2 Å². The summed E-state index contributed by atoms with van der Waals surface area (Å²) in [5.41, 5.74) is 0. The van der Waals surface area contributed by atoms with Gasteiger partial charge >= 0.3 is 6.18 Å². The molecule has 0 aliphatic carbocycles. The molecule has 110 valence electrons. The van der Waals surface area contributed by atoms with Gasteiger partial charge in [0.2, 0.25) is 0 Å². The van der Waals surface area contributed by atoms with Gasteiger partial charge in [0, 0.05) is 6.04 Å². The summed E-state index contributed by atoms with van der Waals surface area (Å²) in [4.78, 5) is 1.50. The zero-order valence-corrected chi connectivity index (χ0v) is 11.8. The second kappa shape index (κ2) is 9.62. The molecular weight excluding hydrogens is 241 g/mol. The van der Waals surface area contributed by atoms with E-state index in [1.54, 1.807) is 0 Å². The number of hydrogen-bond donors (Lipinski definition) is 1. The highest BCUT2D eigenvalue weighted by Gasteiger charge is 2.31. The number of hydrogen-bond acceptors (Lipinski definition) is 2. The van der Waals surface area contributed by atoms with E-state index in [2.05, 4.69) is 12.2 Å². The molecule has 0 bridgehead atoms. The van der Waals surface area contributed by atoms with E-state index in [4.69, 9.17) is 0 Å². The Morgan fingerprint density at radius 3 is 2.22 bits per heavy atom. The monoisotopic (exact) mass is 268 g/mol. The molecule has 0 heterocycles. The van der Waals surface area contributed by atoms with E-state index in [0.29, 0.717) is 6.54 Å². The predicted molar refractivity (Wildman–Crippen MR) is 69.8 cm³/mol. The summed E-state index contributed by atoms with van der Waals surface area (Å²) >= 11 is 0. The lowest BCUT2D eigenvalue weighted by molar-refractivity contribution is -0.149. The molecule has 0 saturated carbocycles. The Morgan fingerprint density at radius 2 is 1.72 bits per heavy atom. The predicted octanol–water partition coefficient (Wildman–Crippen LogP) is 3.43. The Kier molecular flexibility index (Phi) is 9.46. The van der Waals surface area contributed by atoms with E-state index in [1.165, 1.54) is 4.90 Å². The maximum atomic E-state index is 12.3. The van der Waals surface area contributed by atoms with Crippen LogP contribution < -0.4 is 5.32 Å². The normalized spacial score (nSPS) is 12.7. The Bertz CT molecular complexity index is 193. The number of unbranched alkanes of at least 4 members (excludes halogenated alkanes) is 2. The standard InChI is InChI=1S/C13H27F3N2/c1-4-8-17-9-6-5-7-10-18(12(2)3)11-13(14,15)16/h12,17H,4-11H2,1-3H3. The van der Waals surface area contributed by atoms with Crippen molar-refractivity contribution in [2.24, 2.45) is 0 Å². The summed E-state index contributed by atoms with van der Waals surface area (Å²) < 4.78 is 37.0. The number of alkyl halides is 3. The van der Waals surface area contributed by atoms with Gasteiger partial charge in [0.1, 0.15) is 0 Å². The second-order valence-corrected chi connectivity index (χ2v) is 4.99. The third kappa shape index (κ3) is 10.8. The minimum atomic E-state index is -4.09. The third-order valence-corrected chi connectivity index (χ3v) is 2.84. The Balaban J connectivity index is 3.65. The molecular formula is C13H27F3N2. The Labute approximate surface area is 109 Å². The molecule has 0 aromatic heterocycles. The summed E-state index contributed by atoms with van der Waals surface area (Å²) in [6.45, 7) is 7.47. The lowest BCUT2D eigenvalue weighted by Gasteiger charge is -2.27. The van der Waals surface area contributed by atoms with Crippen molar-refractivity contribution in [3.05, 3.63) is 0 Å². The highest BCUT2D eigenvalue weighted by molar-refractivity contribution is 4.67. The zero-order valence-electron chi connectivity index (χ0n) is 11.8. The van der Waals surface area contributed by atoms with Gasteiger partial charge in [-0.2, -0.15) is 13.2 Å². The minimum absolute atomic E-state index is 0.0511. The van der Waals surface area contributed by atoms with Crippen molar-refractivity contribution in [1.29, 1.82) is 0 Å². The molecule has 0 aromatic rings. The van der Waals surface area contributed by atoms with Gasteiger partial charge in [0.25, 0.3) is 0 Å². The van der Waals surface area contributed by atoms with Crippen LogP contribution in [-0.2, 0) is 0 Å². The molecule has 0 aliphatic heterocycles. The highest BCUT2D eigenvalue weighted by Crippen LogP contribution is 2.18. The van der Waals surface area contributed by atoms with E-state index < -0.39 is 12.7 Å². The molecule has 5 heteroatoms. The van der Waals surface area contributed by atoms with Gasteiger partial charge in [-0.05, 0) is 52.7 Å². The SMILES string of the molecule is CCCNCCCCCN(CC(F)(F)F)C(C)C. The summed E-state index contributed by atoms with van der Waals surface area (Å²) in [7, 11) is 0. The molecule has 0 atom stereocenters. The fourth-order valence-corrected chi connectivity index (χ4v) is 1.79. The van der Waals surface area contributed by atoms with Gasteiger partial charge < -0.3 is 5.32 Å². The average molecular weight is 268 g/mol. The molecule has 0 fully saturated rings. The number of nitrogens with one attached hydrogen (secondary N) is 1. The van der Waals surface area contributed by atoms with Crippen LogP contribution in [0.5, 0.6) is 0 Å². The van der Waals surface area contributed by atoms with Crippen molar-refractivity contribution in [1.82, 2.24) is 10.2 Å². The fraction of sp³-hybridized carbons (Fsp3) is 1.00. The quantitative estimate of drug-likeness (QED) is 0.611. The number of halogens is 3. The van der Waals surface area contributed by atoms with Crippen molar-refractivity contribution < 1.29 is 13.2 Å². The Hall–Kier alpha value is -0.290. The van der Waals surface area contributed by atoms with Crippen LogP contribution in [-0.4, -0.2) is 43.3 Å². The van der Waals surface area contributed by atoms with Crippen LogP contribution in [0.4, 0.5) is 13.2 Å². The van der Waals surface area contributed by atoms with Gasteiger partial charge in [0.05, 0.1) is 6.54 Å². The maximum Gasteiger partial charge on any atom is 0.401 e. The van der Waals surface area contributed by atoms with Gasteiger partial charge in [-0.25, -0.2) is 0 Å². The van der Waals surface area contributed by atoms with Gasteiger partial charge in [-0.3, -0.25) is 4.90 Å². The average Bonchev–Trinajstić information content (AvgIpc) is 2.24. The molecule has 0 saturated heterocycles. The molecule has 0 rings (SSSR count). The van der Waals surface area contributed by atoms with E-state index in [-0.39, 0.29) is 6.04 Å². The van der Waals surface area contributed by atoms with Crippen molar-refractivity contribution >= 4 is 0 Å². The summed E-state index contributed by atoms with van der Waals surface area (Å²) in [5, 5.41) is 3.29. The minimum Gasteiger partial charge on any atom is -0.317 e. The van der Waals surface area contributed by atoms with Crippen LogP contribution in [0.3, 0.4) is 0 Å². The smallest absolute Gasteiger partial charge is 0.317 e. The van der Waals surface area contributed by atoms with Crippen LogP contribution in [0.25, 0.3) is 0 Å². The highest BCUT2D eigenvalue weighted by atomic mass is 19.4. The lowest BCUT2D eigenvalue weighted by atomic mass is 10.2. The molecule has 0 amide bonds. The molecule has 2 nitrogen and oxygen atoms in total. The van der Waals surface area contributed by atoms with E-state index >= 15 is 0 Å². The molecule has 18 heavy (non-hydrogen) atoms. The first-order chi connectivity index (χ1) is 8.37. The summed E-state index contributed by atoms with van der Waals surface area (Å²) in [5.74, 6) is 0. The van der Waals surface area contributed by atoms with Crippen LogP contribution in [0, 0.1) is 0 Å². The van der Waals surface area contributed by atoms with E-state index in [1.807, 2.05) is 13.8 Å². The van der Waals surface area contributed by atoms with Gasteiger partial charge in [0.15, 0.2) is 0 Å². The zero-order chi connectivity index (χ0) is 14.0. The van der Waals surface area contributed by atoms with E-state index in [0.717, 1.165) is 38.8 Å². The first kappa shape index (κ1) is 17.7. The third-order valence-electron chi connectivity index (χ3n) is 2.84. The van der Waals surface area contributed by atoms with Crippen LogP contribution in [0.15, 0.2) is 0 Å². The number of nitrogens with zero attached hydrogens (tertiary/aromatic N) is 1. The Morgan fingerprint density at radius 1 is 1.06 bits per heavy atom. The fourth-order valence-electron chi connectivity index (χ4n) is 1.79. The van der Waals surface area contributed by atoms with Crippen LogP contribution in [0.1, 0.15) is 46.5 Å². The van der Waals surface area contributed by atoms with Crippen molar-refractivity contribution in [3.63, 3.8) is 0 Å². The lowest BCUT2D eigenvalue weighted by Crippen LogP contribution is -2.39. The maximum absolute atomic E-state index is 12.3. The van der Waals surface area contributed by atoms with Gasteiger partial charge in [-0.1, -0.05) is 13.3 Å². The topological polar surface area (TPSA) is 15.3 Å². The number of rotatable bonds is 10. The molecule has 0 unspecified atom stereocenters. The molecule has 0 aliphatic rings. The first-order valence-electron chi connectivity index (χ1n) is 6.88. The largest absolute Gasteiger partial charge is 0.401 e. The first-order valence-corrected chi connectivity index (χ1v) is 6.88. The van der Waals surface area contributed by atoms with Crippen molar-refractivity contribution in [2.45, 2.75) is 58.7 Å². The molecule has 1 N–H and O–H groups in total. The molecule has 0 aromatic carbocycles. The van der Waals surface area contributed by atoms with Crippen LogP contribution in [0.2, 0.25) is 0 Å². The second-order valence-electron chi connectivity index (χ2n) is 4.99.